The predicted molar refractivity (Wildman–Crippen MR) is 63.6 cm³/mol. The number of hydrogen-bond acceptors (Lipinski definition) is 2. The molecule has 82 valence electrons. The van der Waals surface area contributed by atoms with Crippen LogP contribution in [0.15, 0.2) is 18.2 Å². The molecule has 1 aromatic carbocycles. The van der Waals surface area contributed by atoms with Gasteiger partial charge in [-0.3, -0.25) is 0 Å². The molecule has 0 fully saturated rings. The number of hydrogen-bond donors (Lipinski definition) is 1. The van der Waals surface area contributed by atoms with Crippen molar-refractivity contribution in [2.24, 2.45) is 0 Å². The lowest BCUT2D eigenvalue weighted by Crippen LogP contribution is -2.35. The maximum absolute atomic E-state index is 5.50. The Bertz CT molecular complexity index is 358. The van der Waals surface area contributed by atoms with Crippen molar-refractivity contribution in [3.05, 3.63) is 23.8 Å². The van der Waals surface area contributed by atoms with Crippen LogP contribution in [0.4, 0.5) is 5.69 Å². The first-order valence-corrected chi connectivity index (χ1v) is 5.65. The molecule has 0 bridgehead atoms. The Morgan fingerprint density at radius 2 is 2.20 bits per heavy atom. The first-order valence-electron chi connectivity index (χ1n) is 5.65. The smallest absolute Gasteiger partial charge is 0.119 e. The SMILES string of the molecule is CCOc1ccc2c(c1)CCC(C)(C)N2. The highest BCUT2D eigenvalue weighted by Crippen LogP contribution is 2.32. The summed E-state index contributed by atoms with van der Waals surface area (Å²) in [5.74, 6) is 0.984. The van der Waals surface area contributed by atoms with Crippen molar-refractivity contribution in [3.63, 3.8) is 0 Å². The van der Waals surface area contributed by atoms with E-state index in [1.54, 1.807) is 0 Å². The fourth-order valence-electron chi connectivity index (χ4n) is 2.03. The van der Waals surface area contributed by atoms with Gasteiger partial charge in [0.2, 0.25) is 0 Å². The summed E-state index contributed by atoms with van der Waals surface area (Å²) in [7, 11) is 0. The topological polar surface area (TPSA) is 21.3 Å². The number of rotatable bonds is 2. The molecule has 0 radical (unpaired) electrons. The van der Waals surface area contributed by atoms with E-state index in [4.69, 9.17) is 4.74 Å². The van der Waals surface area contributed by atoms with Gasteiger partial charge in [0, 0.05) is 11.2 Å². The zero-order chi connectivity index (χ0) is 10.9. The van der Waals surface area contributed by atoms with E-state index in [-0.39, 0.29) is 5.54 Å². The Morgan fingerprint density at radius 3 is 2.93 bits per heavy atom. The zero-order valence-corrected chi connectivity index (χ0v) is 9.76. The van der Waals surface area contributed by atoms with Gasteiger partial charge in [-0.2, -0.15) is 0 Å². The van der Waals surface area contributed by atoms with E-state index in [9.17, 15) is 0 Å². The van der Waals surface area contributed by atoms with Crippen molar-refractivity contribution < 1.29 is 4.74 Å². The van der Waals surface area contributed by atoms with Crippen molar-refractivity contribution in [2.75, 3.05) is 11.9 Å². The van der Waals surface area contributed by atoms with Crippen LogP contribution in [-0.2, 0) is 6.42 Å². The zero-order valence-electron chi connectivity index (χ0n) is 9.76. The van der Waals surface area contributed by atoms with Gasteiger partial charge < -0.3 is 10.1 Å². The summed E-state index contributed by atoms with van der Waals surface area (Å²) in [6, 6.07) is 6.32. The first-order chi connectivity index (χ1) is 7.11. The number of aryl methyl sites for hydroxylation is 1. The van der Waals surface area contributed by atoms with E-state index >= 15 is 0 Å². The maximum atomic E-state index is 5.50. The standard InChI is InChI=1S/C13H19NO/c1-4-15-11-5-6-12-10(9-11)7-8-13(2,3)14-12/h5-6,9,14H,4,7-8H2,1-3H3. The summed E-state index contributed by atoms with van der Waals surface area (Å²) in [4.78, 5) is 0. The molecule has 1 aromatic rings. The predicted octanol–water partition coefficient (Wildman–Crippen LogP) is 3.22. The van der Waals surface area contributed by atoms with Crippen LogP contribution in [0.5, 0.6) is 5.75 Å². The minimum atomic E-state index is 0.222. The highest BCUT2D eigenvalue weighted by Gasteiger charge is 2.23. The van der Waals surface area contributed by atoms with Gasteiger partial charge in [-0.15, -0.1) is 0 Å². The molecule has 1 N–H and O–H groups in total. The minimum absolute atomic E-state index is 0.222. The van der Waals surface area contributed by atoms with Crippen molar-refractivity contribution >= 4 is 5.69 Å². The molecule has 0 aliphatic carbocycles. The third-order valence-corrected chi connectivity index (χ3v) is 2.88. The van der Waals surface area contributed by atoms with E-state index in [1.807, 2.05) is 13.0 Å². The van der Waals surface area contributed by atoms with Gasteiger partial charge in [0.1, 0.15) is 5.75 Å². The lowest BCUT2D eigenvalue weighted by Gasteiger charge is -2.33. The van der Waals surface area contributed by atoms with Gasteiger partial charge in [-0.05, 0) is 57.4 Å². The van der Waals surface area contributed by atoms with Crippen LogP contribution in [0.25, 0.3) is 0 Å². The molecule has 0 amide bonds. The van der Waals surface area contributed by atoms with E-state index < -0.39 is 0 Å². The summed E-state index contributed by atoms with van der Waals surface area (Å²) in [6.07, 6.45) is 2.31. The van der Waals surface area contributed by atoms with Gasteiger partial charge in [0.05, 0.1) is 6.61 Å². The highest BCUT2D eigenvalue weighted by molar-refractivity contribution is 5.57. The average Bonchev–Trinajstić information content (AvgIpc) is 2.18. The third kappa shape index (κ3) is 2.25. The summed E-state index contributed by atoms with van der Waals surface area (Å²) in [6.45, 7) is 7.23. The Kier molecular flexibility index (Phi) is 2.59. The molecule has 0 aromatic heterocycles. The van der Waals surface area contributed by atoms with Gasteiger partial charge >= 0.3 is 0 Å². The number of nitrogens with one attached hydrogen (secondary N) is 1. The first kappa shape index (κ1) is 10.3. The molecule has 0 saturated heterocycles. The Hall–Kier alpha value is -1.18. The maximum Gasteiger partial charge on any atom is 0.119 e. The van der Waals surface area contributed by atoms with Gasteiger partial charge in [0.15, 0.2) is 0 Å². The molecule has 0 unspecified atom stereocenters. The van der Waals surface area contributed by atoms with Crippen LogP contribution in [0.1, 0.15) is 32.8 Å². The van der Waals surface area contributed by atoms with Crippen molar-refractivity contribution in [3.8, 4) is 5.75 Å². The van der Waals surface area contributed by atoms with Gasteiger partial charge in [0.25, 0.3) is 0 Å². The lowest BCUT2D eigenvalue weighted by atomic mass is 9.89. The Balaban J connectivity index is 2.24. The van der Waals surface area contributed by atoms with Gasteiger partial charge in [-0.25, -0.2) is 0 Å². The second kappa shape index (κ2) is 3.76. The molecule has 15 heavy (non-hydrogen) atoms. The molecule has 0 atom stereocenters. The molecule has 0 saturated carbocycles. The van der Waals surface area contributed by atoms with Crippen LogP contribution in [-0.4, -0.2) is 12.1 Å². The lowest BCUT2D eigenvalue weighted by molar-refractivity contribution is 0.339. The highest BCUT2D eigenvalue weighted by atomic mass is 16.5. The largest absolute Gasteiger partial charge is 0.494 e. The fourth-order valence-corrected chi connectivity index (χ4v) is 2.03. The molecule has 2 rings (SSSR count). The van der Waals surface area contributed by atoms with Crippen LogP contribution in [0.2, 0.25) is 0 Å². The van der Waals surface area contributed by atoms with E-state index in [1.165, 1.54) is 17.7 Å². The number of ether oxygens (including phenoxy) is 1. The number of anilines is 1. The molecular weight excluding hydrogens is 186 g/mol. The van der Waals surface area contributed by atoms with Crippen LogP contribution >= 0.6 is 0 Å². The second-order valence-electron chi connectivity index (χ2n) is 4.76. The number of benzene rings is 1. The normalized spacial score (nSPS) is 17.8. The number of fused-ring (bicyclic) bond motifs is 1. The average molecular weight is 205 g/mol. The van der Waals surface area contributed by atoms with Crippen LogP contribution in [0.3, 0.4) is 0 Å². The Labute approximate surface area is 91.6 Å². The van der Waals surface area contributed by atoms with E-state index in [0.717, 1.165) is 18.8 Å². The quantitative estimate of drug-likeness (QED) is 0.800. The third-order valence-electron chi connectivity index (χ3n) is 2.88. The summed E-state index contributed by atoms with van der Waals surface area (Å²) in [5, 5.41) is 3.55. The van der Waals surface area contributed by atoms with E-state index in [0.29, 0.717) is 0 Å². The Morgan fingerprint density at radius 1 is 1.40 bits per heavy atom. The molecular formula is C13H19NO. The monoisotopic (exact) mass is 205 g/mol. The molecule has 1 aliphatic heterocycles. The van der Waals surface area contributed by atoms with Crippen molar-refractivity contribution in [2.45, 2.75) is 39.2 Å². The fraction of sp³-hybridized carbons (Fsp3) is 0.538. The van der Waals surface area contributed by atoms with Crippen LogP contribution < -0.4 is 10.1 Å². The molecule has 2 nitrogen and oxygen atoms in total. The minimum Gasteiger partial charge on any atom is -0.494 e. The molecule has 0 spiro atoms. The summed E-state index contributed by atoms with van der Waals surface area (Å²) in [5.41, 5.74) is 2.86. The van der Waals surface area contributed by atoms with E-state index in [2.05, 4.69) is 31.3 Å². The van der Waals surface area contributed by atoms with Crippen LogP contribution in [0, 0.1) is 0 Å². The van der Waals surface area contributed by atoms with Crippen molar-refractivity contribution in [1.29, 1.82) is 0 Å². The molecule has 1 aliphatic rings. The summed E-state index contributed by atoms with van der Waals surface area (Å²) >= 11 is 0. The molecule has 1 heterocycles. The summed E-state index contributed by atoms with van der Waals surface area (Å²) < 4.78 is 5.50. The second-order valence-corrected chi connectivity index (χ2v) is 4.76. The van der Waals surface area contributed by atoms with Gasteiger partial charge in [-0.1, -0.05) is 0 Å². The molecule has 2 heteroatoms. The van der Waals surface area contributed by atoms with Crippen molar-refractivity contribution in [1.82, 2.24) is 0 Å².